The number of nitrogens with one attached hydrogen (secondary N) is 1. The zero-order valence-electron chi connectivity index (χ0n) is 19.4. The van der Waals surface area contributed by atoms with Crippen LogP contribution in [-0.2, 0) is 4.79 Å². The molecule has 1 aromatic heterocycles. The number of hydrogen-bond acceptors (Lipinski definition) is 8. The molecule has 3 aromatic rings. The molecule has 2 aromatic carbocycles. The van der Waals surface area contributed by atoms with Crippen LogP contribution in [0.4, 0.5) is 11.4 Å². The summed E-state index contributed by atoms with van der Waals surface area (Å²) in [6, 6.07) is 7.51. The average Bonchev–Trinajstić information content (AvgIpc) is 3.20. The van der Waals surface area contributed by atoms with E-state index in [1.165, 1.54) is 26.4 Å². The number of benzene rings is 2. The third-order valence-corrected chi connectivity index (χ3v) is 7.73. The molecule has 190 valence electrons. The van der Waals surface area contributed by atoms with Crippen molar-refractivity contribution in [3.63, 3.8) is 0 Å². The van der Waals surface area contributed by atoms with Crippen LogP contribution in [0.3, 0.4) is 0 Å². The normalized spacial score (nSPS) is 14.1. The van der Waals surface area contributed by atoms with Crippen LogP contribution in [0.5, 0.6) is 11.5 Å². The molecule has 36 heavy (non-hydrogen) atoms. The summed E-state index contributed by atoms with van der Waals surface area (Å²) in [6.45, 7) is 1.94. The first-order valence-electron chi connectivity index (χ1n) is 10.8. The Labute approximate surface area is 220 Å². The van der Waals surface area contributed by atoms with Crippen molar-refractivity contribution >= 4 is 67.8 Å². The van der Waals surface area contributed by atoms with Gasteiger partial charge in [-0.1, -0.05) is 23.2 Å². The molecule has 1 aliphatic heterocycles. The summed E-state index contributed by atoms with van der Waals surface area (Å²) in [5.74, 6) is 0.349. The van der Waals surface area contributed by atoms with Crippen molar-refractivity contribution in [3.05, 3.63) is 55.4 Å². The summed E-state index contributed by atoms with van der Waals surface area (Å²) >= 11 is 13.7. The third kappa shape index (κ3) is 5.34. The van der Waals surface area contributed by atoms with Crippen LogP contribution in [0, 0.1) is 10.1 Å². The van der Waals surface area contributed by atoms with Gasteiger partial charge in [-0.25, -0.2) is 0 Å². The highest BCUT2D eigenvalue weighted by atomic mass is 35.5. The first kappa shape index (κ1) is 26.0. The van der Waals surface area contributed by atoms with Crippen LogP contribution in [0.1, 0.15) is 9.67 Å². The molecule has 2 heterocycles. The topological polar surface area (TPSA) is 114 Å². The summed E-state index contributed by atoms with van der Waals surface area (Å²) in [5.41, 5.74) is 0.387. The van der Waals surface area contributed by atoms with Crippen LogP contribution in [-0.4, -0.2) is 73.5 Å². The third-order valence-electron chi connectivity index (χ3n) is 5.79. The van der Waals surface area contributed by atoms with Crippen LogP contribution in [0.25, 0.3) is 10.1 Å². The smallest absolute Gasteiger partial charge is 0.270 e. The molecule has 0 atom stereocenters. The second-order valence-electron chi connectivity index (χ2n) is 7.99. The molecule has 0 aliphatic carbocycles. The molecular weight excluding hydrogens is 531 g/mol. The van der Waals surface area contributed by atoms with Crippen LogP contribution in [0.15, 0.2) is 30.3 Å². The predicted octanol–water partition coefficient (Wildman–Crippen LogP) is 4.53. The zero-order valence-corrected chi connectivity index (χ0v) is 21.7. The number of nitrogens with zero attached hydrogens (tertiary/aromatic N) is 3. The summed E-state index contributed by atoms with van der Waals surface area (Å²) in [6.07, 6.45) is 0. The van der Waals surface area contributed by atoms with E-state index in [2.05, 4.69) is 5.32 Å². The minimum Gasteiger partial charge on any atom is -0.495 e. The molecule has 0 spiro atoms. The number of carbonyl (C=O) groups is 2. The molecule has 0 bridgehead atoms. The van der Waals surface area contributed by atoms with E-state index in [1.807, 2.05) is 4.90 Å². The van der Waals surface area contributed by atoms with Gasteiger partial charge in [-0.15, -0.1) is 11.3 Å². The molecule has 2 amide bonds. The number of nitro benzene ring substituents is 1. The van der Waals surface area contributed by atoms with Gasteiger partial charge >= 0.3 is 0 Å². The molecule has 1 aliphatic rings. The van der Waals surface area contributed by atoms with Crippen molar-refractivity contribution < 1.29 is 24.0 Å². The fourth-order valence-electron chi connectivity index (χ4n) is 3.91. The number of anilines is 1. The number of non-ortho nitro benzene ring substituents is 1. The lowest BCUT2D eigenvalue weighted by Gasteiger charge is -2.34. The van der Waals surface area contributed by atoms with Crippen molar-refractivity contribution in [1.29, 1.82) is 0 Å². The Morgan fingerprint density at radius 2 is 1.78 bits per heavy atom. The molecule has 10 nitrogen and oxygen atoms in total. The van der Waals surface area contributed by atoms with E-state index in [-0.39, 0.29) is 24.0 Å². The number of methoxy groups -OCH3 is 2. The quantitative estimate of drug-likeness (QED) is 0.338. The Morgan fingerprint density at radius 3 is 2.42 bits per heavy atom. The highest BCUT2D eigenvalue weighted by Crippen LogP contribution is 2.38. The van der Waals surface area contributed by atoms with Crippen molar-refractivity contribution in [2.24, 2.45) is 0 Å². The van der Waals surface area contributed by atoms with Gasteiger partial charge in [-0.2, -0.15) is 0 Å². The van der Waals surface area contributed by atoms with E-state index in [0.717, 1.165) is 11.3 Å². The first-order valence-corrected chi connectivity index (χ1v) is 12.4. The van der Waals surface area contributed by atoms with E-state index < -0.39 is 4.92 Å². The van der Waals surface area contributed by atoms with Crippen molar-refractivity contribution in [3.8, 4) is 11.5 Å². The average molecular weight is 553 g/mol. The van der Waals surface area contributed by atoms with Crippen LogP contribution < -0.4 is 14.8 Å². The molecule has 0 unspecified atom stereocenters. The molecule has 13 heteroatoms. The van der Waals surface area contributed by atoms with Gasteiger partial charge in [0.25, 0.3) is 11.6 Å². The Kier molecular flexibility index (Phi) is 7.84. The monoisotopic (exact) mass is 552 g/mol. The molecular formula is C23H22Cl2N4O6S. The Balaban J connectivity index is 1.37. The van der Waals surface area contributed by atoms with E-state index in [9.17, 15) is 19.7 Å². The molecule has 0 radical (unpaired) electrons. The van der Waals surface area contributed by atoms with E-state index in [0.29, 0.717) is 68.4 Å². The Morgan fingerprint density at radius 1 is 1.08 bits per heavy atom. The van der Waals surface area contributed by atoms with Crippen molar-refractivity contribution in [2.45, 2.75) is 0 Å². The van der Waals surface area contributed by atoms with Crippen LogP contribution in [0.2, 0.25) is 10.0 Å². The molecule has 0 saturated carbocycles. The number of piperazine rings is 1. The highest BCUT2D eigenvalue weighted by Gasteiger charge is 2.27. The second kappa shape index (κ2) is 10.9. The first-order chi connectivity index (χ1) is 17.2. The SMILES string of the molecule is COc1cc(NC(=O)CN2CCN(C(=O)c3sc4cc([N+](=O)[O-])ccc4c3Cl)CC2)c(OC)cc1Cl. The fourth-order valence-corrected chi connectivity index (χ4v) is 5.65. The number of carbonyl (C=O) groups excluding carboxylic acids is 2. The van der Waals surface area contributed by atoms with E-state index >= 15 is 0 Å². The lowest BCUT2D eigenvalue weighted by molar-refractivity contribution is -0.384. The maximum Gasteiger partial charge on any atom is 0.270 e. The summed E-state index contributed by atoms with van der Waals surface area (Å²) < 4.78 is 11.1. The minimum atomic E-state index is -0.483. The van der Waals surface area contributed by atoms with E-state index in [1.54, 1.807) is 23.1 Å². The molecule has 4 rings (SSSR count). The number of fused-ring (bicyclic) bond motifs is 1. The molecule has 1 fully saturated rings. The number of halogens is 2. The molecule has 1 saturated heterocycles. The lowest BCUT2D eigenvalue weighted by Crippen LogP contribution is -2.50. The van der Waals surface area contributed by atoms with Gasteiger partial charge in [0.2, 0.25) is 5.91 Å². The van der Waals surface area contributed by atoms with Gasteiger partial charge in [-0.05, 0) is 6.07 Å². The van der Waals surface area contributed by atoms with Crippen LogP contribution >= 0.6 is 34.5 Å². The van der Waals surface area contributed by atoms with Crippen molar-refractivity contribution in [2.75, 3.05) is 52.3 Å². The van der Waals surface area contributed by atoms with Gasteiger partial charge in [0.05, 0.1) is 41.4 Å². The van der Waals surface area contributed by atoms with Gasteiger partial charge in [-0.3, -0.25) is 24.6 Å². The Hall–Kier alpha value is -3.12. The summed E-state index contributed by atoms with van der Waals surface area (Å²) in [4.78, 5) is 40.3. The number of amides is 2. The van der Waals surface area contributed by atoms with Gasteiger partial charge in [0.1, 0.15) is 16.4 Å². The lowest BCUT2D eigenvalue weighted by atomic mass is 10.2. The largest absolute Gasteiger partial charge is 0.495 e. The van der Waals surface area contributed by atoms with E-state index in [4.69, 9.17) is 32.7 Å². The Bertz CT molecular complexity index is 1340. The summed E-state index contributed by atoms with van der Waals surface area (Å²) in [5, 5.41) is 15.1. The zero-order chi connectivity index (χ0) is 26.0. The number of rotatable bonds is 7. The maximum atomic E-state index is 13.1. The summed E-state index contributed by atoms with van der Waals surface area (Å²) in [7, 11) is 2.96. The van der Waals surface area contributed by atoms with Gasteiger partial charge < -0.3 is 19.7 Å². The minimum absolute atomic E-state index is 0.0547. The second-order valence-corrected chi connectivity index (χ2v) is 9.82. The number of ether oxygens (including phenoxy) is 2. The standard InChI is InChI=1S/C23H22Cl2N4O6S/c1-34-17-11-16(18(35-2)10-15(17)24)26-20(30)12-27-5-7-28(8-6-27)23(31)22-21(25)14-4-3-13(29(32)33)9-19(14)36-22/h3-4,9-11H,5-8,12H2,1-2H3,(H,26,30). The highest BCUT2D eigenvalue weighted by molar-refractivity contribution is 7.21. The predicted molar refractivity (Wildman–Crippen MR) is 139 cm³/mol. The maximum absolute atomic E-state index is 13.1. The fraction of sp³-hybridized carbons (Fsp3) is 0.304. The number of nitro groups is 1. The molecule has 1 N–H and O–H groups in total. The van der Waals surface area contributed by atoms with Gasteiger partial charge in [0, 0.05) is 60.5 Å². The van der Waals surface area contributed by atoms with Crippen molar-refractivity contribution in [1.82, 2.24) is 9.80 Å². The number of hydrogen-bond donors (Lipinski definition) is 1. The number of thiophene rings is 1. The van der Waals surface area contributed by atoms with Gasteiger partial charge in [0.15, 0.2) is 0 Å².